The van der Waals surface area contributed by atoms with Gasteiger partial charge in [-0.25, -0.2) is 17.5 Å². The van der Waals surface area contributed by atoms with E-state index in [1.165, 1.54) is 0 Å². The van der Waals surface area contributed by atoms with Gasteiger partial charge in [0.25, 0.3) is 10.0 Å². The standard InChI is InChI=1S/C35H41N3O4S/c1-23(2)21-30-27-12-10-14-29-31(27)35(19-20-37(30)33(39)42-34(4,5)6)22-25-11-8-9-13-28(25)38(32(35)36(29)7)43(40,41)26-17-15-24(3)16-18-26/h8-18,21,30,32H,19-20,22H2,1-7H3/t30?,32-,35-/m0/s1. The summed E-state index contributed by atoms with van der Waals surface area (Å²) >= 11 is 0. The van der Waals surface area contributed by atoms with Gasteiger partial charge in [-0.05, 0) is 95.3 Å². The lowest BCUT2D eigenvalue weighted by Gasteiger charge is -2.49. The molecule has 0 saturated carbocycles. The van der Waals surface area contributed by atoms with E-state index in [9.17, 15) is 13.2 Å². The van der Waals surface area contributed by atoms with E-state index in [1.807, 2.05) is 96.0 Å². The van der Waals surface area contributed by atoms with Gasteiger partial charge in [0.15, 0.2) is 0 Å². The zero-order valence-electron chi connectivity index (χ0n) is 26.1. The maximum atomic E-state index is 14.7. The Morgan fingerprint density at radius 2 is 1.65 bits per heavy atom. The smallest absolute Gasteiger partial charge is 0.411 e. The number of nitrogens with zero attached hydrogens (tertiary/aromatic N) is 3. The third-order valence-electron chi connectivity index (χ3n) is 8.92. The Morgan fingerprint density at radius 1 is 0.977 bits per heavy atom. The zero-order chi connectivity index (χ0) is 30.9. The number of benzene rings is 3. The molecule has 3 heterocycles. The highest BCUT2D eigenvalue weighted by Gasteiger charge is 2.60. The Morgan fingerprint density at radius 3 is 2.33 bits per heavy atom. The average Bonchev–Trinajstić information content (AvgIpc) is 3.09. The van der Waals surface area contributed by atoms with E-state index >= 15 is 0 Å². The molecular formula is C35H41N3O4S. The lowest BCUT2D eigenvalue weighted by atomic mass is 9.69. The van der Waals surface area contributed by atoms with Gasteiger partial charge < -0.3 is 9.64 Å². The summed E-state index contributed by atoms with van der Waals surface area (Å²) in [5, 5.41) is 0. The van der Waals surface area contributed by atoms with Crippen LogP contribution in [0.15, 0.2) is 83.3 Å². The first-order chi connectivity index (χ1) is 20.2. The number of fused-ring (bicyclic) bond motifs is 1. The molecule has 0 aromatic heterocycles. The van der Waals surface area contributed by atoms with Crippen molar-refractivity contribution in [1.82, 2.24) is 4.90 Å². The molecule has 7 nitrogen and oxygen atoms in total. The van der Waals surface area contributed by atoms with Crippen molar-refractivity contribution in [1.29, 1.82) is 0 Å². The van der Waals surface area contributed by atoms with Crippen LogP contribution in [0.25, 0.3) is 0 Å². The van der Waals surface area contributed by atoms with Gasteiger partial charge in [0.2, 0.25) is 0 Å². The number of allylic oxidation sites excluding steroid dienone is 1. The van der Waals surface area contributed by atoms with Gasteiger partial charge in [0, 0.05) is 24.7 Å². The lowest BCUT2D eigenvalue weighted by Crippen LogP contribution is -2.61. The van der Waals surface area contributed by atoms with Crippen molar-refractivity contribution in [2.75, 3.05) is 22.8 Å². The summed E-state index contributed by atoms with van der Waals surface area (Å²) in [5.74, 6) is 0. The van der Waals surface area contributed by atoms with Crippen LogP contribution in [-0.4, -0.2) is 44.8 Å². The number of sulfonamides is 1. The molecule has 6 rings (SSSR count). The molecule has 0 fully saturated rings. The Bertz CT molecular complexity index is 1720. The molecular weight excluding hydrogens is 558 g/mol. The summed E-state index contributed by atoms with van der Waals surface area (Å²) in [6.45, 7) is 12.1. The van der Waals surface area contributed by atoms with Gasteiger partial charge in [0.1, 0.15) is 11.8 Å². The summed E-state index contributed by atoms with van der Waals surface area (Å²) in [4.78, 5) is 18.0. The molecule has 43 heavy (non-hydrogen) atoms. The van der Waals surface area contributed by atoms with Crippen molar-refractivity contribution in [3.8, 4) is 0 Å². The predicted molar refractivity (Wildman–Crippen MR) is 171 cm³/mol. The molecule has 0 aliphatic carbocycles. The largest absolute Gasteiger partial charge is 0.444 e. The summed E-state index contributed by atoms with van der Waals surface area (Å²) in [5.41, 5.74) is 5.66. The zero-order valence-corrected chi connectivity index (χ0v) is 26.9. The molecule has 3 atom stereocenters. The minimum absolute atomic E-state index is 0.265. The van der Waals surface area contributed by atoms with Crippen molar-refractivity contribution in [2.24, 2.45) is 0 Å². The molecule has 3 aliphatic rings. The molecule has 3 aromatic rings. The summed E-state index contributed by atoms with van der Waals surface area (Å²) in [7, 11) is -1.95. The van der Waals surface area contributed by atoms with Crippen molar-refractivity contribution in [3.63, 3.8) is 0 Å². The molecule has 3 aromatic carbocycles. The molecule has 1 spiro atoms. The number of carbonyl (C=O) groups is 1. The maximum Gasteiger partial charge on any atom is 0.411 e. The van der Waals surface area contributed by atoms with E-state index in [4.69, 9.17) is 4.74 Å². The monoisotopic (exact) mass is 599 g/mol. The number of carbonyl (C=O) groups excluding carboxylic acids is 1. The molecule has 0 bridgehead atoms. The number of aryl methyl sites for hydroxylation is 1. The van der Waals surface area contributed by atoms with E-state index < -0.39 is 27.2 Å². The first kappa shape index (κ1) is 29.3. The van der Waals surface area contributed by atoms with Crippen LogP contribution in [0.4, 0.5) is 16.2 Å². The third-order valence-corrected chi connectivity index (χ3v) is 10.7. The highest BCUT2D eigenvalue weighted by molar-refractivity contribution is 7.92. The van der Waals surface area contributed by atoms with E-state index in [0.717, 1.165) is 33.5 Å². The van der Waals surface area contributed by atoms with E-state index in [2.05, 4.69) is 23.1 Å². The summed E-state index contributed by atoms with van der Waals surface area (Å²) in [6.07, 6.45) is 2.48. The summed E-state index contributed by atoms with van der Waals surface area (Å²) in [6, 6.07) is 20.8. The van der Waals surface area contributed by atoms with Crippen LogP contribution in [-0.2, 0) is 26.6 Å². The van der Waals surface area contributed by atoms with Gasteiger partial charge in [-0.3, -0.25) is 4.90 Å². The molecule has 3 aliphatic heterocycles. The Hall–Kier alpha value is -3.78. The SMILES string of the molecule is CC(C)=CC1c2cccc3c2[C@]2(CCN1C(=O)OC(C)(C)C)Cc1ccccc1N(S(=O)(=O)c1ccc(C)cc1)[C@@H]2N3C. The number of hydrogen-bond donors (Lipinski definition) is 0. The first-order valence-electron chi connectivity index (χ1n) is 14.9. The van der Waals surface area contributed by atoms with Crippen molar-refractivity contribution >= 4 is 27.5 Å². The Balaban J connectivity index is 1.60. The minimum Gasteiger partial charge on any atom is -0.444 e. The highest BCUT2D eigenvalue weighted by Crippen LogP contribution is 2.59. The van der Waals surface area contributed by atoms with Crippen LogP contribution in [0.5, 0.6) is 0 Å². The fourth-order valence-corrected chi connectivity index (χ4v) is 9.01. The summed E-state index contributed by atoms with van der Waals surface area (Å²) < 4.78 is 37.0. The van der Waals surface area contributed by atoms with Crippen LogP contribution in [0.2, 0.25) is 0 Å². The Kier molecular flexibility index (Phi) is 6.92. The second-order valence-corrected chi connectivity index (χ2v) is 15.2. The van der Waals surface area contributed by atoms with E-state index in [0.29, 0.717) is 25.1 Å². The van der Waals surface area contributed by atoms with Gasteiger partial charge in [-0.1, -0.05) is 59.7 Å². The fourth-order valence-electron chi connectivity index (χ4n) is 7.26. The number of ether oxygens (including phenoxy) is 1. The van der Waals surface area contributed by atoms with E-state index in [-0.39, 0.29) is 17.0 Å². The molecule has 226 valence electrons. The quantitative estimate of drug-likeness (QED) is 0.300. The minimum atomic E-state index is -3.96. The van der Waals surface area contributed by atoms with Gasteiger partial charge in [-0.2, -0.15) is 0 Å². The highest BCUT2D eigenvalue weighted by atomic mass is 32.2. The number of amides is 1. The van der Waals surface area contributed by atoms with Crippen LogP contribution in [0, 0.1) is 6.92 Å². The van der Waals surface area contributed by atoms with Crippen molar-refractivity contribution in [2.45, 2.75) is 82.5 Å². The Labute approximate surface area is 255 Å². The molecule has 0 saturated heterocycles. The van der Waals surface area contributed by atoms with Crippen LogP contribution >= 0.6 is 0 Å². The number of para-hydroxylation sites is 1. The van der Waals surface area contributed by atoms with E-state index in [1.54, 1.807) is 16.4 Å². The van der Waals surface area contributed by atoms with Crippen LogP contribution in [0.1, 0.15) is 69.3 Å². The second-order valence-electron chi connectivity index (χ2n) is 13.4. The normalized spacial score (nSPS) is 22.7. The molecule has 1 unspecified atom stereocenters. The molecule has 0 radical (unpaired) electrons. The fraction of sp³-hybridized carbons (Fsp3) is 0.400. The molecule has 0 N–H and O–H groups in total. The van der Waals surface area contributed by atoms with Gasteiger partial charge >= 0.3 is 6.09 Å². The van der Waals surface area contributed by atoms with Crippen LogP contribution in [0.3, 0.4) is 0 Å². The van der Waals surface area contributed by atoms with Gasteiger partial charge in [-0.15, -0.1) is 0 Å². The first-order valence-corrected chi connectivity index (χ1v) is 16.4. The maximum absolute atomic E-state index is 14.7. The molecule has 1 amide bonds. The third kappa shape index (κ3) is 4.71. The van der Waals surface area contributed by atoms with Crippen LogP contribution < -0.4 is 9.21 Å². The number of likely N-dealkylation sites (N-methyl/N-ethyl adjacent to an activating group) is 1. The molecule has 8 heteroatoms. The number of rotatable bonds is 3. The predicted octanol–water partition coefficient (Wildman–Crippen LogP) is 7.11. The number of anilines is 2. The second kappa shape index (κ2) is 10.2. The topological polar surface area (TPSA) is 70.2 Å². The van der Waals surface area contributed by atoms with Gasteiger partial charge in [0.05, 0.1) is 16.6 Å². The lowest BCUT2D eigenvalue weighted by molar-refractivity contribution is 0.0190. The average molecular weight is 600 g/mol. The van der Waals surface area contributed by atoms with Crippen molar-refractivity contribution in [3.05, 3.63) is 101 Å². The van der Waals surface area contributed by atoms with Crippen molar-refractivity contribution < 1.29 is 17.9 Å². The number of hydrogen-bond acceptors (Lipinski definition) is 5.